The van der Waals surface area contributed by atoms with Crippen LogP contribution in [-0.4, -0.2) is 23.0 Å². The lowest BCUT2D eigenvalue weighted by Crippen LogP contribution is -2.20. The summed E-state index contributed by atoms with van der Waals surface area (Å²) in [5.41, 5.74) is 5.79. The van der Waals surface area contributed by atoms with E-state index in [4.69, 9.17) is 10.8 Å². The molecule has 8 heteroatoms. The van der Waals surface area contributed by atoms with E-state index >= 15 is 0 Å². The lowest BCUT2D eigenvalue weighted by molar-refractivity contribution is 0.0698. The van der Waals surface area contributed by atoms with Crippen molar-refractivity contribution in [2.24, 2.45) is 5.73 Å². The summed E-state index contributed by atoms with van der Waals surface area (Å²) in [6, 6.07) is 6.89. The van der Waals surface area contributed by atoms with E-state index in [-0.39, 0.29) is 16.1 Å². The quantitative estimate of drug-likeness (QED) is 0.691. The zero-order valence-corrected chi connectivity index (χ0v) is 11.4. The van der Waals surface area contributed by atoms with Gasteiger partial charge >= 0.3 is 12.0 Å². The van der Waals surface area contributed by atoms with E-state index in [1.54, 1.807) is 17.5 Å². The van der Waals surface area contributed by atoms with Gasteiger partial charge in [-0.15, -0.1) is 11.3 Å². The van der Waals surface area contributed by atoms with Crippen LogP contribution in [0, 0.1) is 0 Å². The Bertz CT molecular complexity index is 711. The number of primary amides is 1. The molecule has 0 aliphatic rings. The topological polar surface area (TPSA) is 122 Å². The molecular weight excluding hydrogens is 294 g/mol. The maximum Gasteiger partial charge on any atom is 0.338 e. The van der Waals surface area contributed by atoms with Crippen LogP contribution in [0.15, 0.2) is 35.7 Å². The Morgan fingerprint density at radius 1 is 1.14 bits per heavy atom. The molecule has 0 aliphatic carbocycles. The summed E-state index contributed by atoms with van der Waals surface area (Å²) in [6.45, 7) is 0. The fourth-order valence-corrected chi connectivity index (χ4v) is 2.36. The number of nitrogens with one attached hydrogen (secondary N) is 2. The van der Waals surface area contributed by atoms with E-state index < -0.39 is 17.9 Å². The van der Waals surface area contributed by atoms with Gasteiger partial charge in [0.1, 0.15) is 5.00 Å². The van der Waals surface area contributed by atoms with Gasteiger partial charge in [-0.1, -0.05) is 6.07 Å². The molecule has 7 nitrogen and oxygen atoms in total. The predicted octanol–water partition coefficient (Wildman–Crippen LogP) is 2.19. The van der Waals surface area contributed by atoms with Crippen LogP contribution in [0.5, 0.6) is 0 Å². The molecule has 3 amide bonds. The molecule has 108 valence electrons. The number of carboxylic acids is 1. The molecule has 1 heterocycles. The maximum atomic E-state index is 11.8. The summed E-state index contributed by atoms with van der Waals surface area (Å²) in [4.78, 5) is 33.8. The number of carbonyl (C=O) groups excluding carboxylic acids is 2. The number of carboxylic acid groups (broad SMARTS) is 1. The number of aromatic carboxylic acids is 1. The van der Waals surface area contributed by atoms with Gasteiger partial charge in [0.25, 0.3) is 0 Å². The highest BCUT2D eigenvalue weighted by Crippen LogP contribution is 2.23. The summed E-state index contributed by atoms with van der Waals surface area (Å²) in [5, 5.41) is 15.7. The van der Waals surface area contributed by atoms with E-state index in [2.05, 4.69) is 10.6 Å². The van der Waals surface area contributed by atoms with E-state index in [1.807, 2.05) is 0 Å². The average molecular weight is 305 g/mol. The summed E-state index contributed by atoms with van der Waals surface area (Å²) in [5.74, 6) is -1.73. The number of carbonyl (C=O) groups is 3. The highest BCUT2D eigenvalue weighted by Gasteiger charge is 2.14. The van der Waals surface area contributed by atoms with E-state index in [9.17, 15) is 14.4 Å². The van der Waals surface area contributed by atoms with E-state index in [0.29, 0.717) is 5.69 Å². The molecule has 2 rings (SSSR count). The molecule has 0 saturated heterocycles. The first-order valence-corrected chi connectivity index (χ1v) is 6.64. The molecule has 0 atom stereocenters. The maximum absolute atomic E-state index is 11.8. The van der Waals surface area contributed by atoms with Crippen LogP contribution in [0.2, 0.25) is 0 Å². The van der Waals surface area contributed by atoms with Crippen LogP contribution in [0.4, 0.5) is 15.5 Å². The Labute approximate surface area is 123 Å². The molecule has 0 fully saturated rings. The summed E-state index contributed by atoms with van der Waals surface area (Å²) >= 11 is 1.10. The molecule has 5 N–H and O–H groups in total. The zero-order chi connectivity index (χ0) is 15.4. The molecule has 0 spiro atoms. The van der Waals surface area contributed by atoms with Crippen LogP contribution in [-0.2, 0) is 0 Å². The van der Waals surface area contributed by atoms with Crippen LogP contribution in [0.1, 0.15) is 20.7 Å². The second-order valence-corrected chi connectivity index (χ2v) is 4.91. The first kappa shape index (κ1) is 14.5. The van der Waals surface area contributed by atoms with Gasteiger partial charge in [0, 0.05) is 11.3 Å². The molecule has 0 saturated carbocycles. The normalized spacial score (nSPS) is 9.90. The summed E-state index contributed by atoms with van der Waals surface area (Å²) < 4.78 is 0. The van der Waals surface area contributed by atoms with Gasteiger partial charge in [0.15, 0.2) is 0 Å². The minimum absolute atomic E-state index is 0.0148. The highest BCUT2D eigenvalue weighted by atomic mass is 32.1. The Balaban J connectivity index is 2.08. The van der Waals surface area contributed by atoms with E-state index in [1.165, 1.54) is 18.2 Å². The smallest absolute Gasteiger partial charge is 0.338 e. The highest BCUT2D eigenvalue weighted by molar-refractivity contribution is 7.14. The lowest BCUT2D eigenvalue weighted by atomic mass is 10.2. The van der Waals surface area contributed by atoms with Crippen molar-refractivity contribution in [3.05, 3.63) is 46.8 Å². The van der Waals surface area contributed by atoms with Gasteiger partial charge in [-0.2, -0.15) is 0 Å². The molecule has 1 aromatic carbocycles. The molecule has 0 radical (unpaired) electrons. The number of hydrogen-bond acceptors (Lipinski definition) is 4. The van der Waals surface area contributed by atoms with Crippen molar-refractivity contribution < 1.29 is 19.5 Å². The third-order valence-corrected chi connectivity index (χ3v) is 3.36. The lowest BCUT2D eigenvalue weighted by Gasteiger charge is -2.07. The number of amides is 3. The molecular formula is C13H11N3O4S. The minimum Gasteiger partial charge on any atom is -0.478 e. The number of rotatable bonds is 4. The summed E-state index contributed by atoms with van der Waals surface area (Å²) in [6.07, 6.45) is 0. The summed E-state index contributed by atoms with van der Waals surface area (Å²) in [7, 11) is 0. The predicted molar refractivity (Wildman–Crippen MR) is 78.9 cm³/mol. The molecule has 0 bridgehead atoms. The molecule has 21 heavy (non-hydrogen) atoms. The second-order valence-electron chi connectivity index (χ2n) is 3.99. The SMILES string of the molecule is NC(=O)c1cccc(NC(=O)Nc2sccc2C(=O)O)c1. The Morgan fingerprint density at radius 3 is 2.57 bits per heavy atom. The molecule has 0 unspecified atom stereocenters. The number of hydrogen-bond donors (Lipinski definition) is 4. The average Bonchev–Trinajstić information content (AvgIpc) is 2.87. The Morgan fingerprint density at radius 2 is 1.90 bits per heavy atom. The number of thiophene rings is 1. The number of anilines is 2. The van der Waals surface area contributed by atoms with Gasteiger partial charge in [0.05, 0.1) is 5.56 Å². The van der Waals surface area contributed by atoms with Crippen LogP contribution < -0.4 is 16.4 Å². The molecule has 0 aliphatic heterocycles. The van der Waals surface area contributed by atoms with Crippen molar-refractivity contribution in [1.29, 1.82) is 0 Å². The first-order valence-electron chi connectivity index (χ1n) is 5.76. The van der Waals surface area contributed by atoms with Gasteiger partial charge < -0.3 is 16.2 Å². The fourth-order valence-electron chi connectivity index (χ4n) is 1.59. The van der Waals surface area contributed by atoms with Crippen molar-refractivity contribution in [2.75, 3.05) is 10.6 Å². The standard InChI is InChI=1S/C13H11N3O4S/c14-10(17)7-2-1-3-8(6-7)15-13(20)16-11-9(12(18)19)4-5-21-11/h1-6H,(H2,14,17)(H,18,19)(H2,15,16,20). The van der Waals surface area contributed by atoms with Crippen molar-refractivity contribution in [1.82, 2.24) is 0 Å². The third-order valence-electron chi connectivity index (χ3n) is 2.53. The van der Waals surface area contributed by atoms with Gasteiger partial charge in [-0.3, -0.25) is 10.1 Å². The van der Waals surface area contributed by atoms with Gasteiger partial charge in [-0.05, 0) is 29.6 Å². The van der Waals surface area contributed by atoms with Gasteiger partial charge in [-0.25, -0.2) is 9.59 Å². The largest absolute Gasteiger partial charge is 0.478 e. The van der Waals surface area contributed by atoms with Crippen molar-refractivity contribution in [2.45, 2.75) is 0 Å². The first-order chi connectivity index (χ1) is 9.97. The minimum atomic E-state index is -1.12. The van der Waals surface area contributed by atoms with Gasteiger partial charge in [0.2, 0.25) is 5.91 Å². The van der Waals surface area contributed by atoms with Crippen LogP contribution in [0.3, 0.4) is 0 Å². The Hall–Kier alpha value is -2.87. The molecule has 1 aromatic heterocycles. The second kappa shape index (κ2) is 6.06. The third kappa shape index (κ3) is 3.57. The zero-order valence-electron chi connectivity index (χ0n) is 10.6. The van der Waals surface area contributed by atoms with Crippen molar-refractivity contribution in [3.63, 3.8) is 0 Å². The van der Waals surface area contributed by atoms with Crippen LogP contribution >= 0.6 is 11.3 Å². The van der Waals surface area contributed by atoms with E-state index in [0.717, 1.165) is 11.3 Å². The fraction of sp³-hybridized carbons (Fsp3) is 0. The number of nitrogens with two attached hydrogens (primary N) is 1. The number of benzene rings is 1. The van der Waals surface area contributed by atoms with Crippen molar-refractivity contribution in [3.8, 4) is 0 Å². The Kier molecular flexibility index (Phi) is 4.19. The number of urea groups is 1. The monoisotopic (exact) mass is 305 g/mol. The van der Waals surface area contributed by atoms with Crippen molar-refractivity contribution >= 4 is 39.9 Å². The van der Waals surface area contributed by atoms with Crippen LogP contribution in [0.25, 0.3) is 0 Å². The molecule has 2 aromatic rings.